The van der Waals surface area contributed by atoms with Crippen LogP contribution in [0.15, 0.2) is 16.7 Å². The maximum atomic E-state index is 11.1. The second kappa shape index (κ2) is 5.13. The lowest BCUT2D eigenvalue weighted by molar-refractivity contribution is -0.116. The molecule has 1 aromatic rings. The average molecular weight is 197 g/mol. The van der Waals surface area contributed by atoms with Crippen LogP contribution < -0.4 is 5.32 Å². The molecule has 0 aromatic carbocycles. The first-order valence-corrected chi connectivity index (χ1v) is 4.41. The summed E-state index contributed by atoms with van der Waals surface area (Å²) in [7, 11) is 0. The first-order chi connectivity index (χ1) is 6.33. The molecule has 0 saturated heterocycles. The van der Waals surface area contributed by atoms with Crippen LogP contribution in [0.1, 0.15) is 6.42 Å². The predicted molar refractivity (Wildman–Crippen MR) is 49.4 cm³/mol. The quantitative estimate of drug-likeness (QED) is 0.452. The number of carbonyl (C=O) groups is 1. The molecule has 0 fully saturated rings. The van der Waals surface area contributed by atoms with Crippen molar-refractivity contribution in [1.29, 1.82) is 0 Å². The SMILES string of the molecule is [N-]=[N+]=NCCC(=O)Nc1nccs1. The van der Waals surface area contributed by atoms with Gasteiger partial charge >= 0.3 is 0 Å². The topological polar surface area (TPSA) is 90.8 Å². The van der Waals surface area contributed by atoms with Gasteiger partial charge in [-0.05, 0) is 5.53 Å². The second-order valence-electron chi connectivity index (χ2n) is 2.09. The van der Waals surface area contributed by atoms with E-state index >= 15 is 0 Å². The van der Waals surface area contributed by atoms with E-state index in [1.807, 2.05) is 0 Å². The summed E-state index contributed by atoms with van der Waals surface area (Å²) >= 11 is 1.34. The van der Waals surface area contributed by atoms with Crippen LogP contribution in [0.2, 0.25) is 0 Å². The number of rotatable bonds is 4. The van der Waals surface area contributed by atoms with Gasteiger partial charge < -0.3 is 5.32 Å². The van der Waals surface area contributed by atoms with E-state index in [0.29, 0.717) is 5.13 Å². The summed E-state index contributed by atoms with van der Waals surface area (Å²) in [6, 6.07) is 0. The van der Waals surface area contributed by atoms with Crippen LogP contribution in [0.25, 0.3) is 10.4 Å². The average Bonchev–Trinajstić information content (AvgIpc) is 2.57. The van der Waals surface area contributed by atoms with Crippen LogP contribution >= 0.6 is 11.3 Å². The van der Waals surface area contributed by atoms with Crippen molar-refractivity contribution in [2.75, 3.05) is 11.9 Å². The van der Waals surface area contributed by atoms with Crippen LogP contribution in [0.3, 0.4) is 0 Å². The largest absolute Gasteiger partial charge is 0.302 e. The van der Waals surface area contributed by atoms with Crippen molar-refractivity contribution in [3.05, 3.63) is 22.0 Å². The third-order valence-electron chi connectivity index (χ3n) is 1.18. The van der Waals surface area contributed by atoms with Crippen molar-refractivity contribution >= 4 is 22.4 Å². The molecular formula is C6H7N5OS. The van der Waals surface area contributed by atoms with Crippen LogP contribution in [0.4, 0.5) is 5.13 Å². The van der Waals surface area contributed by atoms with Gasteiger partial charge in [-0.15, -0.1) is 11.3 Å². The number of nitrogens with zero attached hydrogens (tertiary/aromatic N) is 4. The van der Waals surface area contributed by atoms with Gasteiger partial charge in [-0.2, -0.15) is 0 Å². The van der Waals surface area contributed by atoms with E-state index in [2.05, 4.69) is 20.3 Å². The van der Waals surface area contributed by atoms with Crippen molar-refractivity contribution in [3.63, 3.8) is 0 Å². The molecule has 0 aliphatic carbocycles. The smallest absolute Gasteiger partial charge is 0.226 e. The highest BCUT2D eigenvalue weighted by Crippen LogP contribution is 2.10. The van der Waals surface area contributed by atoms with Crippen LogP contribution in [0.5, 0.6) is 0 Å². The van der Waals surface area contributed by atoms with Gasteiger partial charge in [0, 0.05) is 29.5 Å². The number of anilines is 1. The first kappa shape index (κ1) is 9.50. The molecule has 13 heavy (non-hydrogen) atoms. The molecule has 1 amide bonds. The number of aromatic nitrogens is 1. The summed E-state index contributed by atoms with van der Waals surface area (Å²) in [5, 5.41) is 8.14. The summed E-state index contributed by atoms with van der Waals surface area (Å²) in [4.78, 5) is 17.5. The Morgan fingerprint density at radius 2 is 2.69 bits per heavy atom. The molecule has 1 rings (SSSR count). The summed E-state index contributed by atoms with van der Waals surface area (Å²) in [5.74, 6) is -0.192. The van der Waals surface area contributed by atoms with Crippen molar-refractivity contribution in [2.45, 2.75) is 6.42 Å². The molecule has 0 atom stereocenters. The van der Waals surface area contributed by atoms with E-state index in [4.69, 9.17) is 5.53 Å². The maximum Gasteiger partial charge on any atom is 0.226 e. The number of hydrogen-bond donors (Lipinski definition) is 1. The molecule has 0 unspecified atom stereocenters. The summed E-state index contributed by atoms with van der Waals surface area (Å²) in [6.45, 7) is 0.174. The molecule has 0 aliphatic rings. The van der Waals surface area contributed by atoms with Gasteiger partial charge in [-0.3, -0.25) is 4.79 Å². The third-order valence-corrected chi connectivity index (χ3v) is 1.87. The zero-order valence-corrected chi connectivity index (χ0v) is 7.49. The molecule has 0 aliphatic heterocycles. The Morgan fingerprint density at radius 1 is 1.85 bits per heavy atom. The maximum absolute atomic E-state index is 11.1. The van der Waals surface area contributed by atoms with E-state index < -0.39 is 0 Å². The van der Waals surface area contributed by atoms with Gasteiger partial charge in [-0.25, -0.2) is 4.98 Å². The fourth-order valence-corrected chi connectivity index (χ4v) is 1.21. The number of azide groups is 1. The first-order valence-electron chi connectivity index (χ1n) is 3.53. The molecule has 1 aromatic heterocycles. The highest BCUT2D eigenvalue weighted by molar-refractivity contribution is 7.13. The zero-order chi connectivity index (χ0) is 9.52. The molecule has 0 bridgehead atoms. The number of amides is 1. The van der Waals surface area contributed by atoms with Gasteiger partial charge in [0.15, 0.2) is 5.13 Å². The Bertz CT molecular complexity index is 316. The van der Waals surface area contributed by atoms with Crippen molar-refractivity contribution in [2.24, 2.45) is 5.11 Å². The molecule has 1 heterocycles. The summed E-state index contributed by atoms with van der Waals surface area (Å²) in [6.07, 6.45) is 1.79. The minimum atomic E-state index is -0.192. The van der Waals surface area contributed by atoms with Crippen molar-refractivity contribution < 1.29 is 4.79 Å². The predicted octanol–water partition coefficient (Wildman–Crippen LogP) is 1.78. The van der Waals surface area contributed by atoms with Gasteiger partial charge in [-0.1, -0.05) is 5.11 Å². The van der Waals surface area contributed by atoms with Crippen LogP contribution in [0, 0.1) is 0 Å². The monoisotopic (exact) mass is 197 g/mol. The molecule has 68 valence electrons. The Balaban J connectivity index is 2.30. The highest BCUT2D eigenvalue weighted by atomic mass is 32.1. The molecule has 7 heteroatoms. The summed E-state index contributed by atoms with van der Waals surface area (Å²) in [5.41, 5.74) is 7.95. The van der Waals surface area contributed by atoms with Gasteiger partial charge in [0.05, 0.1) is 0 Å². The number of thiazole rings is 1. The zero-order valence-electron chi connectivity index (χ0n) is 6.67. The Morgan fingerprint density at radius 3 is 3.31 bits per heavy atom. The van der Waals surface area contributed by atoms with Crippen LogP contribution in [-0.2, 0) is 4.79 Å². The third kappa shape index (κ3) is 3.55. The number of hydrogen-bond acceptors (Lipinski definition) is 4. The Hall–Kier alpha value is -1.59. The lowest BCUT2D eigenvalue weighted by Gasteiger charge is -1.97. The van der Waals surface area contributed by atoms with Gasteiger partial charge in [0.1, 0.15) is 0 Å². The normalized spacial score (nSPS) is 8.92. The van der Waals surface area contributed by atoms with E-state index in [1.54, 1.807) is 11.6 Å². The molecule has 1 N–H and O–H groups in total. The minimum Gasteiger partial charge on any atom is -0.302 e. The fraction of sp³-hybridized carbons (Fsp3) is 0.333. The summed E-state index contributed by atoms with van der Waals surface area (Å²) < 4.78 is 0. The minimum absolute atomic E-state index is 0.174. The molecule has 0 saturated carbocycles. The molecular weight excluding hydrogens is 190 g/mol. The van der Waals surface area contributed by atoms with Crippen molar-refractivity contribution in [3.8, 4) is 0 Å². The van der Waals surface area contributed by atoms with E-state index in [1.165, 1.54) is 11.3 Å². The van der Waals surface area contributed by atoms with E-state index in [9.17, 15) is 4.79 Å². The van der Waals surface area contributed by atoms with E-state index in [0.717, 1.165) is 0 Å². The van der Waals surface area contributed by atoms with Gasteiger partial charge in [0.25, 0.3) is 0 Å². The van der Waals surface area contributed by atoms with Crippen molar-refractivity contribution in [1.82, 2.24) is 4.98 Å². The number of carbonyl (C=O) groups excluding carboxylic acids is 1. The van der Waals surface area contributed by atoms with Gasteiger partial charge in [0.2, 0.25) is 5.91 Å². The highest BCUT2D eigenvalue weighted by Gasteiger charge is 2.01. The lowest BCUT2D eigenvalue weighted by atomic mass is 10.4. The Labute approximate surface area is 78.2 Å². The fourth-order valence-electron chi connectivity index (χ4n) is 0.663. The molecule has 6 nitrogen and oxygen atoms in total. The number of nitrogens with one attached hydrogen (secondary N) is 1. The standard InChI is InChI=1S/C6H7N5OS/c7-11-9-2-1-5(12)10-6-8-3-4-13-6/h3-4H,1-2H2,(H,8,10,12). The van der Waals surface area contributed by atoms with E-state index in [-0.39, 0.29) is 18.9 Å². The second-order valence-corrected chi connectivity index (χ2v) is 2.98. The lowest BCUT2D eigenvalue weighted by Crippen LogP contribution is -2.11. The van der Waals surface area contributed by atoms with Crippen LogP contribution in [-0.4, -0.2) is 17.4 Å². The Kier molecular flexibility index (Phi) is 3.74. The molecule has 0 spiro atoms. The molecule has 0 radical (unpaired) electrons.